The van der Waals surface area contributed by atoms with Crippen LogP contribution >= 0.6 is 0 Å². The zero-order valence-corrected chi connectivity index (χ0v) is 16.3. The van der Waals surface area contributed by atoms with E-state index in [1.807, 2.05) is 18.2 Å². The lowest BCUT2D eigenvalue weighted by Gasteiger charge is -2.34. The van der Waals surface area contributed by atoms with Crippen LogP contribution in [0.1, 0.15) is 44.7 Å². The van der Waals surface area contributed by atoms with Crippen LogP contribution in [0.3, 0.4) is 0 Å². The van der Waals surface area contributed by atoms with Crippen molar-refractivity contribution in [2.24, 2.45) is 0 Å². The first kappa shape index (κ1) is 19.8. The first-order valence-corrected chi connectivity index (χ1v) is 9.23. The Kier molecular flexibility index (Phi) is 7.09. The van der Waals surface area contributed by atoms with Crippen molar-refractivity contribution in [2.45, 2.75) is 40.0 Å². The smallest absolute Gasteiger partial charge is 0.107 e. The quantitative estimate of drug-likeness (QED) is 0.416. The zero-order chi connectivity index (χ0) is 19.1. The Hall–Kier alpha value is -2.48. The highest BCUT2D eigenvalue weighted by Crippen LogP contribution is 2.35. The lowest BCUT2D eigenvalue weighted by Crippen LogP contribution is -2.23. The van der Waals surface area contributed by atoms with Crippen LogP contribution in [0.5, 0.6) is 0 Å². The van der Waals surface area contributed by atoms with E-state index in [0.29, 0.717) is 0 Å². The summed E-state index contributed by atoms with van der Waals surface area (Å²) in [4.78, 5) is 2.31. The van der Waals surface area contributed by atoms with Gasteiger partial charge in [0.1, 0.15) is 7.85 Å². The SMILES string of the molecule is [B]C1=CC=C(N(C(=CC)c2ccccc2CC)C(C=C)=C(C)C=C)CC1. The van der Waals surface area contributed by atoms with Gasteiger partial charge < -0.3 is 4.90 Å². The molecule has 0 unspecified atom stereocenters. The second-order valence-corrected chi connectivity index (χ2v) is 6.40. The predicted octanol–water partition coefficient (Wildman–Crippen LogP) is 6.29. The van der Waals surface area contributed by atoms with E-state index in [4.69, 9.17) is 7.85 Å². The lowest BCUT2D eigenvalue weighted by molar-refractivity contribution is 0.574. The average molecular weight is 341 g/mol. The highest BCUT2D eigenvalue weighted by molar-refractivity contribution is 6.21. The Morgan fingerprint density at radius 2 is 1.88 bits per heavy atom. The first-order chi connectivity index (χ1) is 12.6. The Bertz CT molecular complexity index is 805. The molecule has 1 aliphatic rings. The third-order valence-corrected chi connectivity index (χ3v) is 4.78. The molecule has 2 heteroatoms. The molecule has 0 atom stereocenters. The second-order valence-electron chi connectivity index (χ2n) is 6.40. The third kappa shape index (κ3) is 4.19. The highest BCUT2D eigenvalue weighted by atomic mass is 15.2. The minimum absolute atomic E-state index is 0.867. The van der Waals surface area contributed by atoms with Gasteiger partial charge in [-0.1, -0.05) is 62.6 Å². The molecule has 1 aromatic rings. The maximum absolute atomic E-state index is 5.99. The zero-order valence-electron chi connectivity index (χ0n) is 16.3. The van der Waals surface area contributed by atoms with Gasteiger partial charge in [0.15, 0.2) is 0 Å². The number of rotatable bonds is 7. The van der Waals surface area contributed by atoms with Crippen LogP contribution in [0.15, 0.2) is 90.2 Å². The molecule has 0 aliphatic heterocycles. The molecular weight excluding hydrogens is 313 g/mol. The number of hydrogen-bond donors (Lipinski definition) is 0. The van der Waals surface area contributed by atoms with E-state index >= 15 is 0 Å². The largest absolute Gasteiger partial charge is 0.314 e. The molecule has 26 heavy (non-hydrogen) atoms. The van der Waals surface area contributed by atoms with E-state index in [9.17, 15) is 0 Å². The lowest BCUT2D eigenvalue weighted by atomic mass is 9.86. The Morgan fingerprint density at radius 1 is 1.15 bits per heavy atom. The molecule has 0 saturated carbocycles. The van der Waals surface area contributed by atoms with Crippen molar-refractivity contribution in [1.29, 1.82) is 0 Å². The van der Waals surface area contributed by atoms with Gasteiger partial charge in [-0.05, 0) is 56.4 Å². The fourth-order valence-corrected chi connectivity index (χ4v) is 3.28. The summed E-state index contributed by atoms with van der Waals surface area (Å²) in [5.41, 5.74) is 8.03. The molecule has 0 aromatic heterocycles. The normalized spacial score (nSPS) is 15.6. The molecule has 2 radical (unpaired) electrons. The number of benzene rings is 1. The molecule has 0 heterocycles. The van der Waals surface area contributed by atoms with Gasteiger partial charge in [0.25, 0.3) is 0 Å². The second kappa shape index (κ2) is 9.29. The highest BCUT2D eigenvalue weighted by Gasteiger charge is 2.22. The van der Waals surface area contributed by atoms with Crippen molar-refractivity contribution >= 4 is 13.5 Å². The minimum Gasteiger partial charge on any atom is -0.314 e. The Labute approximate surface area is 160 Å². The maximum Gasteiger partial charge on any atom is 0.107 e. The van der Waals surface area contributed by atoms with Gasteiger partial charge in [-0.3, -0.25) is 0 Å². The standard InChI is InChI=1S/C24H28BN/c1-6-18(5)23(8-3)26(21-16-14-20(25)15-17-21)24(9-4)22-13-11-10-12-19(22)7-2/h6,8-14,16H,1,3,7,15,17H2,2,4-5H3. The number of aryl methyl sites for hydroxylation is 1. The molecule has 2 rings (SSSR count). The van der Waals surface area contributed by atoms with E-state index < -0.39 is 0 Å². The fourth-order valence-electron chi connectivity index (χ4n) is 3.28. The molecule has 0 spiro atoms. The summed E-state index contributed by atoms with van der Waals surface area (Å²) in [6, 6.07) is 8.59. The molecular formula is C24H28BN. The van der Waals surface area contributed by atoms with Crippen LogP contribution in [-0.4, -0.2) is 12.7 Å². The molecule has 0 fully saturated rings. The summed E-state index contributed by atoms with van der Waals surface area (Å²) in [5, 5.41) is 0. The summed E-state index contributed by atoms with van der Waals surface area (Å²) < 4.78 is 0. The van der Waals surface area contributed by atoms with Crippen LogP contribution in [0.25, 0.3) is 5.70 Å². The van der Waals surface area contributed by atoms with Gasteiger partial charge in [0.2, 0.25) is 0 Å². The van der Waals surface area contributed by atoms with Gasteiger partial charge in [-0.25, -0.2) is 0 Å². The first-order valence-electron chi connectivity index (χ1n) is 9.23. The summed E-state index contributed by atoms with van der Waals surface area (Å²) in [6.07, 6.45) is 12.9. The molecule has 1 aromatic carbocycles. The van der Waals surface area contributed by atoms with E-state index in [1.165, 1.54) is 22.5 Å². The van der Waals surface area contributed by atoms with E-state index in [1.54, 1.807) is 0 Å². The van der Waals surface area contributed by atoms with Crippen molar-refractivity contribution in [3.63, 3.8) is 0 Å². The van der Waals surface area contributed by atoms with Gasteiger partial charge in [-0.15, -0.1) is 5.47 Å². The van der Waals surface area contributed by atoms with Crippen LogP contribution in [0.4, 0.5) is 0 Å². The van der Waals surface area contributed by atoms with Gasteiger partial charge in [0, 0.05) is 22.7 Å². The Morgan fingerprint density at radius 3 is 2.42 bits per heavy atom. The predicted molar refractivity (Wildman–Crippen MR) is 116 cm³/mol. The Balaban J connectivity index is 2.70. The van der Waals surface area contributed by atoms with Crippen molar-refractivity contribution in [3.05, 3.63) is 101 Å². The molecule has 1 nitrogen and oxygen atoms in total. The summed E-state index contributed by atoms with van der Waals surface area (Å²) in [6.45, 7) is 14.4. The number of nitrogens with zero attached hydrogens (tertiary/aromatic N) is 1. The molecule has 0 amide bonds. The summed E-state index contributed by atoms with van der Waals surface area (Å²) in [7, 11) is 5.99. The van der Waals surface area contributed by atoms with Crippen molar-refractivity contribution < 1.29 is 0 Å². The van der Waals surface area contributed by atoms with Crippen LogP contribution < -0.4 is 0 Å². The van der Waals surface area contributed by atoms with E-state index in [2.05, 4.69) is 75.2 Å². The fraction of sp³-hybridized carbons (Fsp3) is 0.250. The van der Waals surface area contributed by atoms with Crippen LogP contribution in [0.2, 0.25) is 0 Å². The molecule has 0 saturated heterocycles. The molecule has 0 bridgehead atoms. The maximum atomic E-state index is 5.99. The number of allylic oxidation sites excluding steroid dienone is 8. The van der Waals surface area contributed by atoms with E-state index in [-0.39, 0.29) is 0 Å². The van der Waals surface area contributed by atoms with Gasteiger partial charge >= 0.3 is 0 Å². The third-order valence-electron chi connectivity index (χ3n) is 4.78. The van der Waals surface area contributed by atoms with Crippen LogP contribution in [-0.2, 0) is 6.42 Å². The molecule has 1 aliphatic carbocycles. The molecule has 132 valence electrons. The molecule has 0 N–H and O–H groups in total. The van der Waals surface area contributed by atoms with E-state index in [0.717, 1.165) is 36.0 Å². The minimum atomic E-state index is 0.867. The van der Waals surface area contributed by atoms with Gasteiger partial charge in [0.05, 0.1) is 0 Å². The summed E-state index contributed by atoms with van der Waals surface area (Å²) in [5.74, 6) is 0. The summed E-state index contributed by atoms with van der Waals surface area (Å²) >= 11 is 0. The van der Waals surface area contributed by atoms with Gasteiger partial charge in [-0.2, -0.15) is 0 Å². The van der Waals surface area contributed by atoms with Crippen LogP contribution in [0, 0.1) is 0 Å². The average Bonchev–Trinajstić information content (AvgIpc) is 2.68. The van der Waals surface area contributed by atoms with Crippen molar-refractivity contribution in [3.8, 4) is 0 Å². The monoisotopic (exact) mass is 341 g/mol. The van der Waals surface area contributed by atoms with Crippen molar-refractivity contribution in [2.75, 3.05) is 0 Å². The van der Waals surface area contributed by atoms with Crippen molar-refractivity contribution in [1.82, 2.24) is 4.90 Å². The number of hydrogen-bond acceptors (Lipinski definition) is 1. The topological polar surface area (TPSA) is 3.24 Å².